The Labute approximate surface area is 199 Å². The third-order valence-corrected chi connectivity index (χ3v) is 6.89. The van der Waals surface area contributed by atoms with Gasteiger partial charge in [-0.1, -0.05) is 54.6 Å². The topological polar surface area (TPSA) is 65.8 Å². The third-order valence-electron chi connectivity index (χ3n) is 6.89. The van der Waals surface area contributed by atoms with Crippen molar-refractivity contribution < 1.29 is 9.90 Å². The highest BCUT2D eigenvalue weighted by molar-refractivity contribution is 5.96. The Morgan fingerprint density at radius 1 is 0.941 bits per heavy atom. The Morgan fingerprint density at radius 3 is 2.56 bits per heavy atom. The summed E-state index contributed by atoms with van der Waals surface area (Å²) < 4.78 is 1.68. The summed E-state index contributed by atoms with van der Waals surface area (Å²) >= 11 is 0. The Hall–Kier alpha value is -3.80. The van der Waals surface area contributed by atoms with Gasteiger partial charge in [-0.3, -0.25) is 19.3 Å². The van der Waals surface area contributed by atoms with Crippen molar-refractivity contribution in [1.29, 1.82) is 0 Å². The number of hydrogen-bond acceptors (Lipinski definition) is 4. The lowest BCUT2D eigenvalue weighted by Gasteiger charge is -2.45. The van der Waals surface area contributed by atoms with Gasteiger partial charge in [0.25, 0.3) is 5.91 Å². The molecule has 3 heterocycles. The highest BCUT2D eigenvalue weighted by Crippen LogP contribution is 2.37. The number of rotatable bonds is 1. The van der Waals surface area contributed by atoms with Crippen LogP contribution in [0, 0.1) is 13.8 Å². The molecule has 0 fully saturated rings. The van der Waals surface area contributed by atoms with E-state index in [4.69, 9.17) is 0 Å². The van der Waals surface area contributed by atoms with Crippen LogP contribution in [0.4, 0.5) is 0 Å². The summed E-state index contributed by atoms with van der Waals surface area (Å²) in [5, 5.41) is 12.8. The molecule has 34 heavy (non-hydrogen) atoms. The molecule has 0 saturated heterocycles. The number of aryl methyl sites for hydroxylation is 2. The summed E-state index contributed by atoms with van der Waals surface area (Å²) in [6, 6.07) is 15.7. The van der Waals surface area contributed by atoms with Gasteiger partial charge in [0.2, 0.25) is 5.43 Å². The van der Waals surface area contributed by atoms with Crippen LogP contribution >= 0.6 is 0 Å². The molecule has 0 saturated carbocycles. The number of amides is 1. The van der Waals surface area contributed by atoms with E-state index in [1.807, 2.05) is 12.1 Å². The molecule has 0 aliphatic carbocycles. The van der Waals surface area contributed by atoms with Crippen molar-refractivity contribution >= 4 is 12.0 Å². The van der Waals surface area contributed by atoms with Crippen LogP contribution in [0.15, 0.2) is 65.6 Å². The van der Waals surface area contributed by atoms with Crippen molar-refractivity contribution in [1.82, 2.24) is 9.58 Å². The van der Waals surface area contributed by atoms with Crippen LogP contribution in [0.5, 0.6) is 5.75 Å². The zero-order chi connectivity index (χ0) is 23.8. The van der Waals surface area contributed by atoms with Gasteiger partial charge in [-0.2, -0.15) is 0 Å². The number of nitrogens with zero attached hydrogens (tertiary/aromatic N) is 3. The summed E-state index contributed by atoms with van der Waals surface area (Å²) in [5.41, 5.74) is 5.14. The maximum absolute atomic E-state index is 13.4. The van der Waals surface area contributed by atoms with Crippen molar-refractivity contribution in [3.8, 4) is 5.75 Å². The first kappa shape index (κ1) is 22.0. The number of aromatic hydroxyl groups is 1. The van der Waals surface area contributed by atoms with Gasteiger partial charge < -0.3 is 10.0 Å². The molecule has 0 spiro atoms. The van der Waals surface area contributed by atoms with Gasteiger partial charge >= 0.3 is 0 Å². The molecule has 174 valence electrons. The van der Waals surface area contributed by atoms with E-state index in [0.29, 0.717) is 13.2 Å². The summed E-state index contributed by atoms with van der Waals surface area (Å²) in [6.07, 6.45) is 8.75. The fraction of sp³-hybridized carbons (Fsp3) is 0.286. The molecule has 2 aliphatic rings. The zero-order valence-electron chi connectivity index (χ0n) is 19.6. The number of allylic oxidation sites excluding steroid dienone is 1. The molecule has 2 aromatic carbocycles. The van der Waals surface area contributed by atoms with Crippen LogP contribution in [-0.4, -0.2) is 33.8 Å². The first-order valence-corrected chi connectivity index (χ1v) is 11.8. The second-order valence-electron chi connectivity index (χ2n) is 9.11. The predicted octanol–water partition coefficient (Wildman–Crippen LogP) is 4.51. The number of pyridine rings is 1. The number of carbonyl (C=O) groups excluding carboxylic acids is 1. The largest absolute Gasteiger partial charge is 0.502 e. The molecule has 1 atom stereocenters. The average Bonchev–Trinajstić information content (AvgIpc) is 2.82. The lowest BCUT2D eigenvalue weighted by molar-refractivity contribution is 0.0676. The third kappa shape index (κ3) is 3.69. The quantitative estimate of drug-likeness (QED) is 0.586. The van der Waals surface area contributed by atoms with E-state index in [1.165, 1.54) is 6.07 Å². The van der Waals surface area contributed by atoms with Crippen molar-refractivity contribution in [2.24, 2.45) is 0 Å². The standard InChI is InChI=1S/C28H29N3O3/c1-19-10-6-7-14-22(19)25-24-20(2)11-9-13-21(24)12-5-3-4-8-16-29-18-31(25)30-17-15-23(32)27(33)26(30)28(29)34/h5-7,9-15,17,25,33H,3-4,8,16,18H2,1-2H3/b12-5-. The Balaban J connectivity index is 1.84. The number of benzene rings is 2. The van der Waals surface area contributed by atoms with E-state index in [0.717, 1.165) is 47.1 Å². The molecule has 3 aromatic rings. The molecule has 6 nitrogen and oxygen atoms in total. The molecular formula is C28H29N3O3. The summed E-state index contributed by atoms with van der Waals surface area (Å²) in [7, 11) is 0. The molecule has 0 radical (unpaired) electrons. The lowest BCUT2D eigenvalue weighted by atomic mass is 9.88. The van der Waals surface area contributed by atoms with Crippen molar-refractivity contribution in [3.63, 3.8) is 0 Å². The SMILES string of the molecule is Cc1ccccc1C1c2c(C)cccc2/C=C\CCCCN2CN1n1ccc(=O)c(O)c1C2=O. The highest BCUT2D eigenvalue weighted by atomic mass is 16.3. The number of carbonyl (C=O) groups is 1. The Morgan fingerprint density at radius 2 is 1.74 bits per heavy atom. The van der Waals surface area contributed by atoms with E-state index in [-0.39, 0.29) is 17.6 Å². The molecule has 1 amide bonds. The van der Waals surface area contributed by atoms with Gasteiger partial charge in [0.15, 0.2) is 11.4 Å². The second-order valence-corrected chi connectivity index (χ2v) is 9.11. The van der Waals surface area contributed by atoms with Gasteiger partial charge in [-0.15, -0.1) is 0 Å². The first-order chi connectivity index (χ1) is 16.5. The maximum atomic E-state index is 13.4. The van der Waals surface area contributed by atoms with E-state index in [1.54, 1.807) is 15.8 Å². The molecule has 2 aliphatic heterocycles. The van der Waals surface area contributed by atoms with Crippen LogP contribution in [0.1, 0.15) is 63.6 Å². The minimum Gasteiger partial charge on any atom is -0.502 e. The smallest absolute Gasteiger partial charge is 0.277 e. The molecule has 1 N–H and O–H groups in total. The molecule has 1 unspecified atom stereocenters. The van der Waals surface area contributed by atoms with Crippen LogP contribution in [0.25, 0.3) is 6.08 Å². The number of aromatic nitrogens is 1. The number of fused-ring (bicyclic) bond motifs is 5. The number of hydrogen-bond donors (Lipinski definition) is 1. The highest BCUT2D eigenvalue weighted by Gasteiger charge is 2.37. The normalized spacial score (nSPS) is 19.0. The van der Waals surface area contributed by atoms with Crippen LogP contribution in [0.2, 0.25) is 0 Å². The van der Waals surface area contributed by atoms with Crippen LogP contribution in [-0.2, 0) is 0 Å². The fourth-order valence-electron chi connectivity index (χ4n) is 5.12. The van der Waals surface area contributed by atoms with E-state index in [9.17, 15) is 14.7 Å². The zero-order valence-corrected chi connectivity index (χ0v) is 19.6. The first-order valence-electron chi connectivity index (χ1n) is 11.8. The van der Waals surface area contributed by atoms with E-state index < -0.39 is 11.2 Å². The van der Waals surface area contributed by atoms with Gasteiger partial charge in [0.05, 0.1) is 6.04 Å². The summed E-state index contributed by atoms with van der Waals surface area (Å²) in [5.74, 6) is -0.810. The Bertz CT molecular complexity index is 1340. The fourth-order valence-corrected chi connectivity index (χ4v) is 5.12. The molecule has 6 heteroatoms. The predicted molar refractivity (Wildman–Crippen MR) is 134 cm³/mol. The molecule has 2 bridgehead atoms. The van der Waals surface area contributed by atoms with Gasteiger partial charge in [-0.25, -0.2) is 0 Å². The van der Waals surface area contributed by atoms with Gasteiger partial charge in [0.1, 0.15) is 6.67 Å². The summed E-state index contributed by atoms with van der Waals surface area (Å²) in [4.78, 5) is 27.5. The minimum absolute atomic E-state index is 0.0278. The average molecular weight is 456 g/mol. The lowest BCUT2D eigenvalue weighted by Crippen LogP contribution is -2.56. The van der Waals surface area contributed by atoms with Gasteiger partial charge in [-0.05, 0) is 60.9 Å². The second kappa shape index (κ2) is 8.86. The van der Waals surface area contributed by atoms with Crippen molar-refractivity contribution in [2.75, 3.05) is 18.2 Å². The van der Waals surface area contributed by atoms with Crippen LogP contribution < -0.4 is 10.4 Å². The van der Waals surface area contributed by atoms with Crippen LogP contribution in [0.3, 0.4) is 0 Å². The van der Waals surface area contributed by atoms with E-state index >= 15 is 0 Å². The summed E-state index contributed by atoms with van der Waals surface area (Å²) in [6.45, 7) is 5.12. The monoisotopic (exact) mass is 455 g/mol. The van der Waals surface area contributed by atoms with E-state index in [2.05, 4.69) is 61.3 Å². The van der Waals surface area contributed by atoms with Crippen molar-refractivity contribution in [2.45, 2.75) is 39.2 Å². The maximum Gasteiger partial charge on any atom is 0.277 e. The Kier molecular flexibility index (Phi) is 5.74. The molecular weight excluding hydrogens is 426 g/mol. The molecule has 1 aromatic heterocycles. The molecule has 5 rings (SSSR count). The van der Waals surface area contributed by atoms with Gasteiger partial charge in [0, 0.05) is 18.8 Å². The minimum atomic E-state index is -0.547. The van der Waals surface area contributed by atoms with Crippen molar-refractivity contribution in [3.05, 3.63) is 105 Å².